The predicted octanol–water partition coefficient (Wildman–Crippen LogP) is 4.01. The fourth-order valence-corrected chi connectivity index (χ4v) is 4.84. The van der Waals surface area contributed by atoms with Crippen molar-refractivity contribution in [1.82, 2.24) is 19.6 Å². The van der Waals surface area contributed by atoms with Gasteiger partial charge in [0, 0.05) is 19.2 Å². The predicted molar refractivity (Wildman–Crippen MR) is 140 cm³/mol. The third-order valence-electron chi connectivity index (χ3n) is 5.59. The molecule has 4 rings (SSSR count). The average molecular weight is 533 g/mol. The summed E-state index contributed by atoms with van der Waals surface area (Å²) in [6.07, 6.45) is 2.56. The first-order chi connectivity index (χ1) is 17.3. The van der Waals surface area contributed by atoms with Gasteiger partial charge in [0.1, 0.15) is 27.5 Å². The molecular weight excluding hydrogens is 504 g/mol. The molecule has 0 saturated carbocycles. The number of likely N-dealkylation sites (N-methyl/N-ethyl adjacent to an activating group) is 1. The van der Waals surface area contributed by atoms with Crippen molar-refractivity contribution in [3.8, 4) is 11.5 Å². The number of nitrogens with one attached hydrogen (secondary N) is 3. The molecule has 1 aliphatic rings. The first-order valence-electron chi connectivity index (χ1n) is 11.5. The summed E-state index contributed by atoms with van der Waals surface area (Å²) in [5.74, 6) is 1.82. The number of para-hydroxylation sites is 1. The summed E-state index contributed by atoms with van der Waals surface area (Å²) in [4.78, 5) is 11.0. The minimum Gasteiger partial charge on any atom is -0.492 e. The van der Waals surface area contributed by atoms with Crippen molar-refractivity contribution in [1.29, 1.82) is 0 Å². The highest BCUT2D eigenvalue weighted by molar-refractivity contribution is 7.89. The molecule has 0 spiro atoms. The molecule has 0 amide bonds. The Bertz CT molecular complexity index is 1320. The van der Waals surface area contributed by atoms with E-state index in [1.807, 2.05) is 25.1 Å². The molecule has 1 aliphatic heterocycles. The van der Waals surface area contributed by atoms with Crippen LogP contribution >= 0.6 is 11.6 Å². The summed E-state index contributed by atoms with van der Waals surface area (Å²) in [5.41, 5.74) is 0.978. The highest BCUT2D eigenvalue weighted by atomic mass is 35.5. The van der Waals surface area contributed by atoms with Crippen LogP contribution < -0.4 is 24.8 Å². The van der Waals surface area contributed by atoms with Crippen LogP contribution in [0, 0.1) is 0 Å². The fraction of sp³-hybridized carbons (Fsp3) is 0.333. The Labute approximate surface area is 216 Å². The topological polar surface area (TPSA) is 118 Å². The van der Waals surface area contributed by atoms with Crippen LogP contribution in [0.25, 0.3) is 0 Å². The van der Waals surface area contributed by atoms with E-state index in [0.717, 1.165) is 25.3 Å². The molecular formula is C24H29ClN6O4S. The van der Waals surface area contributed by atoms with Crippen molar-refractivity contribution in [2.24, 2.45) is 0 Å². The molecule has 3 aromatic rings. The van der Waals surface area contributed by atoms with E-state index in [1.165, 1.54) is 19.3 Å². The number of sulfonamides is 1. The van der Waals surface area contributed by atoms with Gasteiger partial charge in [0.25, 0.3) is 0 Å². The van der Waals surface area contributed by atoms with Gasteiger partial charge in [-0.15, -0.1) is 0 Å². The van der Waals surface area contributed by atoms with Crippen LogP contribution in [0.5, 0.6) is 11.5 Å². The van der Waals surface area contributed by atoms with Gasteiger partial charge in [-0.25, -0.2) is 18.1 Å². The number of nitrogens with zero attached hydrogens (tertiary/aromatic N) is 3. The molecule has 0 aliphatic carbocycles. The summed E-state index contributed by atoms with van der Waals surface area (Å²) in [6, 6.07) is 12.0. The van der Waals surface area contributed by atoms with E-state index in [2.05, 4.69) is 37.3 Å². The lowest BCUT2D eigenvalue weighted by Gasteiger charge is -2.17. The largest absolute Gasteiger partial charge is 0.492 e. The number of aromatic nitrogens is 2. The number of halogens is 1. The zero-order chi connectivity index (χ0) is 25.7. The minimum absolute atomic E-state index is 0.0689. The van der Waals surface area contributed by atoms with Crippen molar-refractivity contribution in [2.45, 2.75) is 24.3 Å². The third-order valence-corrected chi connectivity index (χ3v) is 7.34. The van der Waals surface area contributed by atoms with Crippen molar-refractivity contribution < 1.29 is 17.9 Å². The summed E-state index contributed by atoms with van der Waals surface area (Å²) >= 11 is 6.32. The van der Waals surface area contributed by atoms with Gasteiger partial charge in [-0.2, -0.15) is 4.98 Å². The molecule has 2 heterocycles. The molecule has 3 N–H and O–H groups in total. The Morgan fingerprint density at radius 1 is 1.17 bits per heavy atom. The Morgan fingerprint density at radius 2 is 1.97 bits per heavy atom. The van der Waals surface area contributed by atoms with Gasteiger partial charge < -0.3 is 25.0 Å². The molecule has 1 aromatic heterocycles. The van der Waals surface area contributed by atoms with Crippen LogP contribution in [-0.4, -0.2) is 63.2 Å². The molecule has 0 radical (unpaired) electrons. The van der Waals surface area contributed by atoms with Gasteiger partial charge in [0.2, 0.25) is 16.0 Å². The normalized spacial score (nSPS) is 16.1. The molecule has 12 heteroatoms. The number of anilines is 4. The van der Waals surface area contributed by atoms with Crippen molar-refractivity contribution in [3.63, 3.8) is 0 Å². The smallest absolute Gasteiger partial charge is 0.242 e. The van der Waals surface area contributed by atoms with E-state index in [1.54, 1.807) is 18.2 Å². The first kappa shape index (κ1) is 26.0. The van der Waals surface area contributed by atoms with E-state index in [9.17, 15) is 8.42 Å². The minimum atomic E-state index is -3.69. The number of ether oxygens (including phenoxy) is 2. The van der Waals surface area contributed by atoms with Gasteiger partial charge in [0.05, 0.1) is 24.2 Å². The molecule has 192 valence electrons. The van der Waals surface area contributed by atoms with Gasteiger partial charge >= 0.3 is 0 Å². The second-order valence-electron chi connectivity index (χ2n) is 8.23. The molecule has 0 bridgehead atoms. The molecule has 0 unspecified atom stereocenters. The third kappa shape index (κ3) is 6.16. The maximum absolute atomic E-state index is 12.4. The SMILES string of the molecule is CCOc1cc(O[C@H]2CCN(C)C2)ccc1Nc1ncc(Cl)c(Nc2ccccc2S(=O)(=O)NC)n1. The Hall–Kier alpha value is -3.12. The van der Waals surface area contributed by atoms with Gasteiger partial charge in [-0.05, 0) is 51.7 Å². The van der Waals surface area contributed by atoms with Crippen LogP contribution in [0.4, 0.5) is 23.1 Å². The van der Waals surface area contributed by atoms with Crippen LogP contribution in [-0.2, 0) is 10.0 Å². The molecule has 2 aromatic carbocycles. The molecule has 1 saturated heterocycles. The monoisotopic (exact) mass is 532 g/mol. The number of benzene rings is 2. The molecule has 1 atom stereocenters. The quantitative estimate of drug-likeness (QED) is 0.356. The second-order valence-corrected chi connectivity index (χ2v) is 10.5. The molecule has 1 fully saturated rings. The maximum Gasteiger partial charge on any atom is 0.242 e. The van der Waals surface area contributed by atoms with E-state index in [4.69, 9.17) is 21.1 Å². The Balaban J connectivity index is 1.57. The fourth-order valence-electron chi connectivity index (χ4n) is 3.81. The average Bonchev–Trinajstić information content (AvgIpc) is 3.27. The van der Waals surface area contributed by atoms with Crippen LogP contribution in [0.3, 0.4) is 0 Å². The van der Waals surface area contributed by atoms with Crippen molar-refractivity contribution in [3.05, 3.63) is 53.7 Å². The maximum atomic E-state index is 12.4. The van der Waals surface area contributed by atoms with Gasteiger partial charge in [0.15, 0.2) is 5.82 Å². The lowest BCUT2D eigenvalue weighted by Crippen LogP contribution is -2.21. The van der Waals surface area contributed by atoms with Crippen molar-refractivity contribution >= 4 is 44.8 Å². The Morgan fingerprint density at radius 3 is 2.69 bits per heavy atom. The summed E-state index contributed by atoms with van der Waals surface area (Å²) in [5, 5.41) is 6.39. The zero-order valence-electron chi connectivity index (χ0n) is 20.3. The van der Waals surface area contributed by atoms with Gasteiger partial charge in [-0.1, -0.05) is 23.7 Å². The highest BCUT2D eigenvalue weighted by Crippen LogP contribution is 2.34. The lowest BCUT2D eigenvalue weighted by atomic mass is 10.2. The number of hydrogen-bond acceptors (Lipinski definition) is 9. The van der Waals surface area contributed by atoms with Crippen LogP contribution in [0.2, 0.25) is 5.02 Å². The zero-order valence-corrected chi connectivity index (χ0v) is 21.9. The molecule has 10 nitrogen and oxygen atoms in total. The van der Waals surface area contributed by atoms with E-state index >= 15 is 0 Å². The van der Waals surface area contributed by atoms with E-state index < -0.39 is 10.0 Å². The van der Waals surface area contributed by atoms with Crippen LogP contribution in [0.1, 0.15) is 13.3 Å². The standard InChI is InChI=1S/C24H29ClN6O4S/c1-4-34-21-13-16(35-17-11-12-31(3)15-17)9-10-19(21)29-24-27-14-18(25)23(30-24)28-20-7-5-6-8-22(20)36(32,33)26-2/h5-10,13-14,17,26H,4,11-12,15H2,1-3H3,(H2,27,28,29,30)/t17-/m0/s1. The highest BCUT2D eigenvalue weighted by Gasteiger charge is 2.22. The molecule has 36 heavy (non-hydrogen) atoms. The number of rotatable bonds is 10. The summed E-state index contributed by atoms with van der Waals surface area (Å²) in [6.45, 7) is 4.27. The summed E-state index contributed by atoms with van der Waals surface area (Å²) in [7, 11) is -0.264. The number of hydrogen-bond donors (Lipinski definition) is 3. The first-order valence-corrected chi connectivity index (χ1v) is 13.4. The van der Waals surface area contributed by atoms with E-state index in [-0.39, 0.29) is 27.8 Å². The van der Waals surface area contributed by atoms with Crippen LogP contribution in [0.15, 0.2) is 53.6 Å². The van der Waals surface area contributed by atoms with E-state index in [0.29, 0.717) is 23.7 Å². The lowest BCUT2D eigenvalue weighted by molar-refractivity contribution is 0.207. The summed E-state index contributed by atoms with van der Waals surface area (Å²) < 4.78 is 39.1. The van der Waals surface area contributed by atoms with Gasteiger partial charge in [-0.3, -0.25) is 0 Å². The van der Waals surface area contributed by atoms with Crippen molar-refractivity contribution in [2.75, 3.05) is 44.4 Å². The Kier molecular flexibility index (Phi) is 8.14. The number of likely N-dealkylation sites (tertiary alicyclic amines) is 1. The second kappa shape index (κ2) is 11.3.